The molecule has 1 aromatic carbocycles. The molecule has 0 saturated carbocycles. The highest BCUT2D eigenvalue weighted by molar-refractivity contribution is 9.10. The number of hydrogen-bond donors (Lipinski definition) is 2. The lowest BCUT2D eigenvalue weighted by Crippen LogP contribution is -2.47. The van der Waals surface area contributed by atoms with Crippen molar-refractivity contribution < 1.29 is 0 Å². The summed E-state index contributed by atoms with van der Waals surface area (Å²) in [6.07, 6.45) is 0.989. The molecule has 19 heavy (non-hydrogen) atoms. The summed E-state index contributed by atoms with van der Waals surface area (Å²) in [6.45, 7) is 4.64. The first-order chi connectivity index (χ1) is 9.10. The summed E-state index contributed by atoms with van der Waals surface area (Å²) < 4.78 is 1.12. The summed E-state index contributed by atoms with van der Waals surface area (Å²) in [5.41, 5.74) is 4.36. The molecule has 4 unspecified atom stereocenters. The van der Waals surface area contributed by atoms with E-state index in [2.05, 4.69) is 83.0 Å². The first kappa shape index (κ1) is 15.7. The molecule has 0 amide bonds. The van der Waals surface area contributed by atoms with Crippen LogP contribution in [0.3, 0.4) is 0 Å². The van der Waals surface area contributed by atoms with Gasteiger partial charge in [-0.25, -0.2) is 0 Å². The van der Waals surface area contributed by atoms with Crippen molar-refractivity contribution in [3.05, 3.63) is 34.3 Å². The van der Waals surface area contributed by atoms with Gasteiger partial charge >= 0.3 is 0 Å². The van der Waals surface area contributed by atoms with Crippen molar-refractivity contribution in [1.29, 1.82) is 0 Å². The molecule has 3 N–H and O–H groups in total. The molecule has 1 aliphatic heterocycles. The summed E-state index contributed by atoms with van der Waals surface area (Å²) in [6, 6.07) is 8.86. The van der Waals surface area contributed by atoms with Gasteiger partial charge in [0.05, 0.1) is 0 Å². The van der Waals surface area contributed by atoms with E-state index in [9.17, 15) is 0 Å². The molecule has 1 aromatic rings. The molecule has 4 atom stereocenters. The second-order valence-electron chi connectivity index (χ2n) is 5.02. The number of thioether (sulfide) groups is 2. The quantitative estimate of drug-likeness (QED) is 0.636. The third-order valence-corrected chi connectivity index (χ3v) is 7.69. The zero-order chi connectivity index (χ0) is 13.8. The van der Waals surface area contributed by atoms with Crippen molar-refractivity contribution in [3.8, 4) is 0 Å². The van der Waals surface area contributed by atoms with Crippen LogP contribution in [-0.2, 0) is 6.42 Å². The van der Waals surface area contributed by atoms with Crippen molar-refractivity contribution in [2.24, 2.45) is 5.84 Å². The van der Waals surface area contributed by atoms with Gasteiger partial charge in [0.1, 0.15) is 0 Å². The number of nitrogens with two attached hydrogens (primary N) is 1. The van der Waals surface area contributed by atoms with Crippen LogP contribution < -0.4 is 11.3 Å². The van der Waals surface area contributed by atoms with E-state index in [1.54, 1.807) is 0 Å². The van der Waals surface area contributed by atoms with E-state index in [4.69, 9.17) is 5.84 Å². The Morgan fingerprint density at radius 3 is 2.58 bits per heavy atom. The average Bonchev–Trinajstić information content (AvgIpc) is 2.41. The highest BCUT2D eigenvalue weighted by atomic mass is 79.9. The fourth-order valence-electron chi connectivity index (χ4n) is 2.19. The van der Waals surface area contributed by atoms with Crippen molar-refractivity contribution in [2.45, 2.75) is 42.1 Å². The van der Waals surface area contributed by atoms with Crippen LogP contribution in [0.5, 0.6) is 0 Å². The Bertz CT molecular complexity index is 399. The topological polar surface area (TPSA) is 38.0 Å². The molecule has 1 heterocycles. The van der Waals surface area contributed by atoms with E-state index in [-0.39, 0.29) is 0 Å². The van der Waals surface area contributed by atoms with Crippen molar-refractivity contribution in [3.63, 3.8) is 0 Å². The second-order valence-corrected chi connectivity index (χ2v) is 8.97. The van der Waals surface area contributed by atoms with Crippen LogP contribution in [0.2, 0.25) is 0 Å². The Hall–Kier alpha value is 0.320. The molecule has 1 fully saturated rings. The van der Waals surface area contributed by atoms with Gasteiger partial charge in [0.15, 0.2) is 0 Å². The van der Waals surface area contributed by atoms with Crippen LogP contribution in [0.1, 0.15) is 19.4 Å². The first-order valence-electron chi connectivity index (χ1n) is 6.57. The molecule has 5 heteroatoms. The normalized spacial score (nSPS) is 29.2. The first-order valence-corrected chi connectivity index (χ1v) is 9.36. The third kappa shape index (κ3) is 4.39. The predicted octanol–water partition coefficient (Wildman–Crippen LogP) is 3.45. The smallest absolute Gasteiger partial charge is 0.0377 e. The molecule has 1 aliphatic rings. The zero-order valence-corrected chi connectivity index (χ0v) is 14.5. The fraction of sp³-hybridized carbons (Fsp3) is 0.571. The number of halogens is 1. The van der Waals surface area contributed by atoms with Gasteiger partial charge in [0.25, 0.3) is 0 Å². The van der Waals surface area contributed by atoms with Gasteiger partial charge in [-0.2, -0.15) is 23.5 Å². The maximum atomic E-state index is 5.78. The summed E-state index contributed by atoms with van der Waals surface area (Å²) in [7, 11) is 0. The SMILES string of the molecule is CC1SCC(C(Cc2ccc(Br)cc2)NN)SC1C. The molecular weight excluding hydrogens is 340 g/mol. The van der Waals surface area contributed by atoms with Gasteiger partial charge < -0.3 is 0 Å². The highest BCUT2D eigenvalue weighted by Crippen LogP contribution is 2.37. The number of nitrogens with one attached hydrogen (secondary N) is 1. The van der Waals surface area contributed by atoms with Crippen LogP contribution in [0.25, 0.3) is 0 Å². The van der Waals surface area contributed by atoms with Crippen LogP contribution in [-0.4, -0.2) is 27.5 Å². The fourth-order valence-corrected chi connectivity index (χ4v) is 5.57. The van der Waals surface area contributed by atoms with Crippen LogP contribution in [0.4, 0.5) is 0 Å². The molecule has 1 saturated heterocycles. The summed E-state index contributed by atoms with van der Waals surface area (Å²) >= 11 is 7.62. The molecule has 2 nitrogen and oxygen atoms in total. The molecule has 0 bridgehead atoms. The van der Waals surface area contributed by atoms with E-state index in [1.165, 1.54) is 11.3 Å². The van der Waals surface area contributed by atoms with E-state index < -0.39 is 0 Å². The zero-order valence-electron chi connectivity index (χ0n) is 11.3. The van der Waals surface area contributed by atoms with Gasteiger partial charge in [-0.05, 0) is 24.1 Å². The minimum Gasteiger partial charge on any atom is -0.271 e. The van der Waals surface area contributed by atoms with E-state index in [0.717, 1.165) is 16.1 Å². The second kappa shape index (κ2) is 7.36. The Morgan fingerprint density at radius 2 is 2.00 bits per heavy atom. The molecule has 0 radical (unpaired) electrons. The van der Waals surface area contributed by atoms with E-state index in [0.29, 0.717) is 16.5 Å². The highest BCUT2D eigenvalue weighted by Gasteiger charge is 2.30. The standard InChI is InChI=1S/C14H21BrN2S2/c1-9-10(2)19-14(8-18-9)13(17-16)7-11-3-5-12(15)6-4-11/h3-6,9-10,13-14,17H,7-8,16H2,1-2H3. The Morgan fingerprint density at radius 1 is 1.32 bits per heavy atom. The molecule has 106 valence electrons. The lowest BCUT2D eigenvalue weighted by molar-refractivity contribution is 0.521. The predicted molar refractivity (Wildman–Crippen MR) is 91.7 cm³/mol. The minimum atomic E-state index is 0.341. The van der Waals surface area contributed by atoms with Crippen molar-refractivity contribution in [1.82, 2.24) is 5.43 Å². The summed E-state index contributed by atoms with van der Waals surface area (Å²) in [5.74, 6) is 6.96. The largest absolute Gasteiger partial charge is 0.271 e. The van der Waals surface area contributed by atoms with Crippen LogP contribution >= 0.6 is 39.5 Å². The van der Waals surface area contributed by atoms with Crippen LogP contribution in [0.15, 0.2) is 28.7 Å². The lowest BCUT2D eigenvalue weighted by Gasteiger charge is -2.35. The maximum absolute atomic E-state index is 5.78. The monoisotopic (exact) mass is 360 g/mol. The Balaban J connectivity index is 1.98. The molecular formula is C14H21BrN2S2. The number of rotatable bonds is 4. The van der Waals surface area contributed by atoms with Crippen LogP contribution in [0, 0.1) is 0 Å². The minimum absolute atomic E-state index is 0.341. The number of hydrazine groups is 1. The summed E-state index contributed by atoms with van der Waals surface area (Å²) in [5, 5.41) is 2.03. The van der Waals surface area contributed by atoms with Gasteiger partial charge in [-0.3, -0.25) is 11.3 Å². The van der Waals surface area contributed by atoms with Gasteiger partial charge in [-0.1, -0.05) is 41.9 Å². The molecule has 2 rings (SSSR count). The van der Waals surface area contributed by atoms with Gasteiger partial charge in [0, 0.05) is 32.0 Å². The Labute approximate surface area is 132 Å². The maximum Gasteiger partial charge on any atom is 0.0377 e. The van der Waals surface area contributed by atoms with Gasteiger partial charge in [0.2, 0.25) is 0 Å². The molecule has 0 spiro atoms. The average molecular weight is 361 g/mol. The van der Waals surface area contributed by atoms with Crippen molar-refractivity contribution >= 4 is 39.5 Å². The van der Waals surface area contributed by atoms with Crippen molar-refractivity contribution in [2.75, 3.05) is 5.75 Å². The molecule has 0 aromatic heterocycles. The Kier molecular flexibility index (Phi) is 6.09. The number of benzene rings is 1. The van der Waals surface area contributed by atoms with E-state index in [1.807, 2.05) is 0 Å². The van der Waals surface area contributed by atoms with Gasteiger partial charge in [-0.15, -0.1) is 0 Å². The molecule has 0 aliphatic carbocycles. The lowest BCUT2D eigenvalue weighted by atomic mass is 10.0. The third-order valence-electron chi connectivity index (χ3n) is 3.61. The number of hydrogen-bond acceptors (Lipinski definition) is 4. The van der Waals surface area contributed by atoms with E-state index >= 15 is 0 Å². The summed E-state index contributed by atoms with van der Waals surface area (Å²) in [4.78, 5) is 0.